The van der Waals surface area contributed by atoms with Crippen LogP contribution in [-0.4, -0.2) is 12.9 Å². The van der Waals surface area contributed by atoms with E-state index in [2.05, 4.69) is 22.6 Å². The van der Waals surface area contributed by atoms with Gasteiger partial charge < -0.3 is 4.74 Å². The van der Waals surface area contributed by atoms with Gasteiger partial charge >= 0.3 is 0 Å². The van der Waals surface area contributed by atoms with Gasteiger partial charge in [-0.05, 0) is 52.9 Å². The Labute approximate surface area is 124 Å². The van der Waals surface area contributed by atoms with E-state index in [-0.39, 0.29) is 5.78 Å². The Morgan fingerprint density at radius 3 is 2.56 bits per heavy atom. The van der Waals surface area contributed by atoms with Gasteiger partial charge in [0.05, 0.1) is 17.7 Å². The van der Waals surface area contributed by atoms with Crippen molar-refractivity contribution in [1.29, 1.82) is 0 Å². The molecule has 0 aliphatic carbocycles. The third-order valence-electron chi connectivity index (χ3n) is 2.52. The molecular formula is C14H10ClIO2. The summed E-state index contributed by atoms with van der Waals surface area (Å²) in [5, 5.41) is 0.448. The quantitative estimate of drug-likeness (QED) is 0.597. The maximum Gasteiger partial charge on any atom is 0.198 e. The highest BCUT2D eigenvalue weighted by atomic mass is 127. The molecule has 0 N–H and O–H groups in total. The molecule has 0 saturated carbocycles. The first-order chi connectivity index (χ1) is 8.63. The van der Waals surface area contributed by atoms with E-state index < -0.39 is 0 Å². The lowest BCUT2D eigenvalue weighted by atomic mass is 10.0. The number of rotatable bonds is 3. The van der Waals surface area contributed by atoms with E-state index in [1.807, 2.05) is 6.07 Å². The third kappa shape index (κ3) is 2.67. The van der Waals surface area contributed by atoms with Crippen LogP contribution in [0.4, 0.5) is 0 Å². The number of ketones is 1. The maximum absolute atomic E-state index is 12.4. The Kier molecular flexibility index (Phi) is 4.24. The topological polar surface area (TPSA) is 26.3 Å². The Balaban J connectivity index is 2.52. The number of hydrogen-bond donors (Lipinski definition) is 0. The lowest BCUT2D eigenvalue weighted by Gasteiger charge is -2.09. The van der Waals surface area contributed by atoms with Gasteiger partial charge in [0.1, 0.15) is 5.75 Å². The fraction of sp³-hybridized carbons (Fsp3) is 0.0714. The number of methoxy groups -OCH3 is 1. The zero-order valence-corrected chi connectivity index (χ0v) is 12.5. The molecule has 0 unspecified atom stereocenters. The Morgan fingerprint density at radius 2 is 1.89 bits per heavy atom. The molecule has 92 valence electrons. The number of benzene rings is 2. The fourth-order valence-electron chi connectivity index (χ4n) is 1.65. The number of carbonyl (C=O) groups is 1. The highest BCUT2D eigenvalue weighted by Crippen LogP contribution is 2.26. The molecule has 0 amide bonds. The second kappa shape index (κ2) is 5.71. The van der Waals surface area contributed by atoms with E-state index in [0.717, 1.165) is 3.57 Å². The highest BCUT2D eigenvalue weighted by Gasteiger charge is 2.17. The molecule has 0 aromatic heterocycles. The summed E-state index contributed by atoms with van der Waals surface area (Å²) in [6.45, 7) is 0. The van der Waals surface area contributed by atoms with Crippen molar-refractivity contribution in [2.45, 2.75) is 0 Å². The summed E-state index contributed by atoms with van der Waals surface area (Å²) in [5.41, 5.74) is 1.01. The van der Waals surface area contributed by atoms with Crippen molar-refractivity contribution < 1.29 is 9.53 Å². The van der Waals surface area contributed by atoms with Gasteiger partial charge in [-0.2, -0.15) is 0 Å². The normalized spacial score (nSPS) is 10.2. The van der Waals surface area contributed by atoms with Crippen molar-refractivity contribution in [2.75, 3.05) is 7.11 Å². The van der Waals surface area contributed by atoms with Gasteiger partial charge in [-0.25, -0.2) is 0 Å². The summed E-state index contributed by atoms with van der Waals surface area (Å²) < 4.78 is 6.19. The first kappa shape index (κ1) is 13.4. The van der Waals surface area contributed by atoms with Crippen molar-refractivity contribution in [3.63, 3.8) is 0 Å². The van der Waals surface area contributed by atoms with Crippen LogP contribution in [0.15, 0.2) is 42.5 Å². The molecule has 0 aliphatic heterocycles. The second-order valence-corrected chi connectivity index (χ2v) is 5.31. The Morgan fingerprint density at radius 1 is 1.17 bits per heavy atom. The minimum atomic E-state index is -0.129. The predicted molar refractivity (Wildman–Crippen MR) is 80.6 cm³/mol. The standard InChI is InChI=1S/C14H10ClIO2/c1-18-13-7-6-9(16)8-11(13)14(17)10-4-2-3-5-12(10)15/h2-8H,1H3. The summed E-state index contributed by atoms with van der Waals surface area (Å²) in [6.07, 6.45) is 0. The Hall–Kier alpha value is -1.07. The van der Waals surface area contributed by atoms with Crippen molar-refractivity contribution in [2.24, 2.45) is 0 Å². The predicted octanol–water partition coefficient (Wildman–Crippen LogP) is 4.18. The van der Waals surface area contributed by atoms with Gasteiger partial charge in [0.2, 0.25) is 0 Å². The molecule has 0 aliphatic rings. The first-order valence-corrected chi connectivity index (χ1v) is 6.72. The molecule has 2 aromatic carbocycles. The number of halogens is 2. The number of ether oxygens (including phenoxy) is 1. The summed E-state index contributed by atoms with van der Waals surface area (Å²) in [5.74, 6) is 0.427. The van der Waals surface area contributed by atoms with E-state index >= 15 is 0 Å². The van der Waals surface area contributed by atoms with Crippen LogP contribution in [0.2, 0.25) is 5.02 Å². The minimum absolute atomic E-state index is 0.129. The minimum Gasteiger partial charge on any atom is -0.496 e. The monoisotopic (exact) mass is 372 g/mol. The zero-order chi connectivity index (χ0) is 13.1. The molecule has 0 atom stereocenters. The van der Waals surface area contributed by atoms with Gasteiger partial charge in [-0.15, -0.1) is 0 Å². The zero-order valence-electron chi connectivity index (χ0n) is 9.61. The fourth-order valence-corrected chi connectivity index (χ4v) is 2.36. The van der Waals surface area contributed by atoms with Crippen LogP contribution in [0.1, 0.15) is 15.9 Å². The molecule has 4 heteroatoms. The summed E-state index contributed by atoms with van der Waals surface area (Å²) >= 11 is 8.20. The molecule has 18 heavy (non-hydrogen) atoms. The lowest BCUT2D eigenvalue weighted by molar-refractivity contribution is 0.103. The van der Waals surface area contributed by atoms with E-state index in [9.17, 15) is 4.79 Å². The third-order valence-corrected chi connectivity index (χ3v) is 3.53. The van der Waals surface area contributed by atoms with Crippen molar-refractivity contribution in [3.8, 4) is 5.75 Å². The van der Waals surface area contributed by atoms with E-state index in [0.29, 0.717) is 21.9 Å². The van der Waals surface area contributed by atoms with Crippen LogP contribution in [0.3, 0.4) is 0 Å². The molecule has 0 saturated heterocycles. The van der Waals surface area contributed by atoms with E-state index in [4.69, 9.17) is 16.3 Å². The molecule has 2 aromatic rings. The molecule has 0 radical (unpaired) electrons. The maximum atomic E-state index is 12.4. The average Bonchev–Trinajstić information content (AvgIpc) is 2.38. The molecule has 2 nitrogen and oxygen atoms in total. The molecule has 2 rings (SSSR count). The van der Waals surface area contributed by atoms with E-state index in [1.54, 1.807) is 43.5 Å². The summed E-state index contributed by atoms with van der Waals surface area (Å²) in [6, 6.07) is 12.5. The van der Waals surface area contributed by atoms with Crippen molar-refractivity contribution >= 4 is 40.0 Å². The Bertz CT molecular complexity index is 596. The van der Waals surface area contributed by atoms with Crippen LogP contribution in [-0.2, 0) is 0 Å². The van der Waals surface area contributed by atoms with Crippen LogP contribution >= 0.6 is 34.2 Å². The van der Waals surface area contributed by atoms with Crippen LogP contribution in [0.25, 0.3) is 0 Å². The van der Waals surface area contributed by atoms with Gasteiger partial charge in [-0.3, -0.25) is 4.79 Å². The summed E-state index contributed by atoms with van der Waals surface area (Å²) in [7, 11) is 1.55. The highest BCUT2D eigenvalue weighted by molar-refractivity contribution is 14.1. The molecule has 0 heterocycles. The molecular weight excluding hydrogens is 363 g/mol. The molecule has 0 bridgehead atoms. The number of hydrogen-bond acceptors (Lipinski definition) is 2. The lowest BCUT2D eigenvalue weighted by Crippen LogP contribution is -2.05. The smallest absolute Gasteiger partial charge is 0.198 e. The van der Waals surface area contributed by atoms with Gasteiger partial charge in [-0.1, -0.05) is 23.7 Å². The van der Waals surface area contributed by atoms with Gasteiger partial charge in [0, 0.05) is 9.13 Å². The largest absolute Gasteiger partial charge is 0.496 e. The van der Waals surface area contributed by atoms with E-state index in [1.165, 1.54) is 0 Å². The SMILES string of the molecule is COc1ccc(I)cc1C(=O)c1ccccc1Cl. The van der Waals surface area contributed by atoms with Crippen LogP contribution in [0.5, 0.6) is 5.75 Å². The average molecular weight is 373 g/mol. The first-order valence-electron chi connectivity index (χ1n) is 5.26. The van der Waals surface area contributed by atoms with Crippen LogP contribution < -0.4 is 4.74 Å². The van der Waals surface area contributed by atoms with Gasteiger partial charge in [0.15, 0.2) is 5.78 Å². The molecule has 0 fully saturated rings. The van der Waals surface area contributed by atoms with Crippen molar-refractivity contribution in [1.82, 2.24) is 0 Å². The molecule has 0 spiro atoms. The number of carbonyl (C=O) groups excluding carboxylic acids is 1. The second-order valence-electron chi connectivity index (χ2n) is 3.65. The summed E-state index contributed by atoms with van der Waals surface area (Å²) in [4.78, 5) is 12.4. The van der Waals surface area contributed by atoms with Crippen LogP contribution in [0, 0.1) is 3.57 Å². The van der Waals surface area contributed by atoms with Crippen molar-refractivity contribution in [3.05, 3.63) is 62.2 Å². The van der Waals surface area contributed by atoms with Gasteiger partial charge in [0.25, 0.3) is 0 Å².